The molecule has 1 amide bonds. The summed E-state index contributed by atoms with van der Waals surface area (Å²) in [7, 11) is 0. The molecular weight excluding hydrogens is 200 g/mol. The maximum absolute atomic E-state index is 11.9. The first-order chi connectivity index (χ1) is 7.54. The van der Waals surface area contributed by atoms with Gasteiger partial charge in [-0.3, -0.25) is 4.79 Å². The van der Waals surface area contributed by atoms with Crippen LogP contribution in [0.15, 0.2) is 0 Å². The van der Waals surface area contributed by atoms with Crippen molar-refractivity contribution >= 4 is 5.91 Å². The lowest BCUT2D eigenvalue weighted by molar-refractivity contribution is -0.126. The lowest BCUT2D eigenvalue weighted by Gasteiger charge is -2.31. The molecule has 94 valence electrons. The first-order valence-electron chi connectivity index (χ1n) is 6.57. The SMILES string of the molecule is CCC(C)CNC(=O)C1CCC(C)C(N)C1. The molecule has 3 N–H and O–H groups in total. The highest BCUT2D eigenvalue weighted by molar-refractivity contribution is 5.78. The summed E-state index contributed by atoms with van der Waals surface area (Å²) in [5, 5.41) is 3.04. The summed E-state index contributed by atoms with van der Waals surface area (Å²) in [6.45, 7) is 7.29. The summed E-state index contributed by atoms with van der Waals surface area (Å²) in [6, 6.07) is 0.202. The predicted molar refractivity (Wildman–Crippen MR) is 66.9 cm³/mol. The molecule has 0 aromatic rings. The molecule has 0 radical (unpaired) electrons. The molecule has 1 aliphatic rings. The third-order valence-electron chi connectivity index (χ3n) is 3.95. The Balaban J connectivity index is 2.32. The predicted octanol–water partition coefficient (Wildman–Crippen LogP) is 1.91. The van der Waals surface area contributed by atoms with Gasteiger partial charge < -0.3 is 11.1 Å². The Morgan fingerprint density at radius 2 is 2.19 bits per heavy atom. The van der Waals surface area contributed by atoms with Crippen LogP contribution in [0, 0.1) is 17.8 Å². The molecule has 1 fully saturated rings. The highest BCUT2D eigenvalue weighted by Crippen LogP contribution is 2.27. The fraction of sp³-hybridized carbons (Fsp3) is 0.923. The lowest BCUT2D eigenvalue weighted by atomic mass is 9.79. The normalized spacial score (nSPS) is 32.1. The number of nitrogens with two attached hydrogens (primary N) is 1. The van der Waals surface area contributed by atoms with Crippen molar-refractivity contribution in [1.82, 2.24) is 5.32 Å². The maximum Gasteiger partial charge on any atom is 0.223 e. The number of carbonyl (C=O) groups excluding carboxylic acids is 1. The second-order valence-electron chi connectivity index (χ2n) is 5.41. The molecule has 0 saturated heterocycles. The van der Waals surface area contributed by atoms with Crippen LogP contribution >= 0.6 is 0 Å². The first-order valence-corrected chi connectivity index (χ1v) is 6.57. The topological polar surface area (TPSA) is 55.1 Å². The minimum Gasteiger partial charge on any atom is -0.356 e. The number of amides is 1. The van der Waals surface area contributed by atoms with E-state index in [0.717, 1.165) is 32.2 Å². The summed E-state index contributed by atoms with van der Waals surface area (Å²) < 4.78 is 0. The average molecular weight is 226 g/mol. The smallest absolute Gasteiger partial charge is 0.223 e. The van der Waals surface area contributed by atoms with E-state index in [1.807, 2.05) is 0 Å². The van der Waals surface area contributed by atoms with Crippen LogP contribution in [-0.4, -0.2) is 18.5 Å². The zero-order valence-electron chi connectivity index (χ0n) is 10.8. The van der Waals surface area contributed by atoms with Crippen molar-refractivity contribution in [1.29, 1.82) is 0 Å². The van der Waals surface area contributed by atoms with Gasteiger partial charge in [0, 0.05) is 18.5 Å². The number of rotatable bonds is 4. The highest BCUT2D eigenvalue weighted by atomic mass is 16.1. The van der Waals surface area contributed by atoms with Crippen LogP contribution in [0.5, 0.6) is 0 Å². The van der Waals surface area contributed by atoms with Crippen molar-refractivity contribution < 1.29 is 4.79 Å². The molecule has 16 heavy (non-hydrogen) atoms. The van der Waals surface area contributed by atoms with Gasteiger partial charge in [-0.25, -0.2) is 0 Å². The van der Waals surface area contributed by atoms with Crippen LogP contribution in [-0.2, 0) is 4.79 Å². The van der Waals surface area contributed by atoms with Crippen LogP contribution in [0.25, 0.3) is 0 Å². The van der Waals surface area contributed by atoms with Crippen LogP contribution in [0.2, 0.25) is 0 Å². The van der Waals surface area contributed by atoms with E-state index in [1.165, 1.54) is 0 Å². The van der Waals surface area contributed by atoms with Gasteiger partial charge in [0.2, 0.25) is 5.91 Å². The van der Waals surface area contributed by atoms with Crippen molar-refractivity contribution in [2.75, 3.05) is 6.54 Å². The zero-order valence-corrected chi connectivity index (χ0v) is 10.8. The van der Waals surface area contributed by atoms with Gasteiger partial charge in [0.1, 0.15) is 0 Å². The van der Waals surface area contributed by atoms with Crippen LogP contribution in [0.3, 0.4) is 0 Å². The summed E-state index contributed by atoms with van der Waals surface area (Å²) in [5.41, 5.74) is 6.01. The molecule has 1 aliphatic carbocycles. The molecule has 1 saturated carbocycles. The Labute approximate surface area is 99.2 Å². The zero-order chi connectivity index (χ0) is 12.1. The van der Waals surface area contributed by atoms with Crippen molar-refractivity contribution in [2.45, 2.75) is 52.5 Å². The summed E-state index contributed by atoms with van der Waals surface area (Å²) in [5.74, 6) is 1.50. The molecule has 0 heterocycles. The molecular formula is C13H26N2O. The van der Waals surface area contributed by atoms with E-state index in [0.29, 0.717) is 11.8 Å². The van der Waals surface area contributed by atoms with Gasteiger partial charge in [-0.05, 0) is 31.1 Å². The molecule has 0 aromatic carbocycles. The quantitative estimate of drug-likeness (QED) is 0.769. The molecule has 0 bridgehead atoms. The molecule has 0 spiro atoms. The first kappa shape index (κ1) is 13.5. The molecule has 0 aromatic heterocycles. The maximum atomic E-state index is 11.9. The van der Waals surface area contributed by atoms with Crippen LogP contribution in [0.1, 0.15) is 46.5 Å². The molecule has 3 nitrogen and oxygen atoms in total. The van der Waals surface area contributed by atoms with E-state index in [1.54, 1.807) is 0 Å². The second-order valence-corrected chi connectivity index (χ2v) is 5.41. The Morgan fingerprint density at radius 1 is 1.50 bits per heavy atom. The Hall–Kier alpha value is -0.570. The van der Waals surface area contributed by atoms with Gasteiger partial charge in [0.05, 0.1) is 0 Å². The third-order valence-corrected chi connectivity index (χ3v) is 3.95. The van der Waals surface area contributed by atoms with Gasteiger partial charge in [0.25, 0.3) is 0 Å². The van der Waals surface area contributed by atoms with E-state index in [-0.39, 0.29) is 17.9 Å². The number of carbonyl (C=O) groups is 1. The average Bonchev–Trinajstić information content (AvgIpc) is 2.29. The number of hydrogen-bond acceptors (Lipinski definition) is 2. The van der Waals surface area contributed by atoms with E-state index < -0.39 is 0 Å². The minimum absolute atomic E-state index is 0.148. The Morgan fingerprint density at radius 3 is 2.75 bits per heavy atom. The van der Waals surface area contributed by atoms with Gasteiger partial charge in [-0.2, -0.15) is 0 Å². The summed E-state index contributed by atoms with van der Waals surface area (Å²) >= 11 is 0. The molecule has 3 heteroatoms. The fourth-order valence-electron chi connectivity index (χ4n) is 2.16. The van der Waals surface area contributed by atoms with E-state index in [2.05, 4.69) is 26.1 Å². The van der Waals surface area contributed by atoms with Crippen molar-refractivity contribution in [3.8, 4) is 0 Å². The standard InChI is InChI=1S/C13H26N2O/c1-4-9(2)8-15-13(16)11-6-5-10(3)12(14)7-11/h9-12H,4-8,14H2,1-3H3,(H,15,16). The van der Waals surface area contributed by atoms with Crippen molar-refractivity contribution in [3.63, 3.8) is 0 Å². The largest absolute Gasteiger partial charge is 0.356 e. The van der Waals surface area contributed by atoms with Crippen LogP contribution in [0.4, 0.5) is 0 Å². The summed E-state index contributed by atoms with van der Waals surface area (Å²) in [6.07, 6.45) is 4.05. The Bertz CT molecular complexity index is 230. The van der Waals surface area contributed by atoms with E-state index >= 15 is 0 Å². The minimum atomic E-state index is 0.148. The van der Waals surface area contributed by atoms with Gasteiger partial charge >= 0.3 is 0 Å². The number of hydrogen-bond donors (Lipinski definition) is 2. The second kappa shape index (κ2) is 6.24. The summed E-state index contributed by atoms with van der Waals surface area (Å²) in [4.78, 5) is 11.9. The van der Waals surface area contributed by atoms with Gasteiger partial charge in [-0.15, -0.1) is 0 Å². The van der Waals surface area contributed by atoms with Gasteiger partial charge in [0.15, 0.2) is 0 Å². The van der Waals surface area contributed by atoms with Crippen molar-refractivity contribution in [2.24, 2.45) is 23.5 Å². The molecule has 1 rings (SSSR count). The van der Waals surface area contributed by atoms with E-state index in [4.69, 9.17) is 5.73 Å². The van der Waals surface area contributed by atoms with Gasteiger partial charge in [-0.1, -0.05) is 27.2 Å². The fourth-order valence-corrected chi connectivity index (χ4v) is 2.16. The molecule has 0 aliphatic heterocycles. The lowest BCUT2D eigenvalue weighted by Crippen LogP contribution is -2.42. The Kier molecular flexibility index (Phi) is 5.26. The third kappa shape index (κ3) is 3.78. The molecule has 4 unspecified atom stereocenters. The van der Waals surface area contributed by atoms with Crippen molar-refractivity contribution in [3.05, 3.63) is 0 Å². The van der Waals surface area contributed by atoms with Crippen LogP contribution < -0.4 is 11.1 Å². The van der Waals surface area contributed by atoms with E-state index in [9.17, 15) is 4.79 Å². The monoisotopic (exact) mass is 226 g/mol. The highest BCUT2D eigenvalue weighted by Gasteiger charge is 2.29. The number of nitrogens with one attached hydrogen (secondary N) is 1. The molecule has 4 atom stereocenters.